The van der Waals surface area contributed by atoms with E-state index in [1.807, 2.05) is 0 Å². The third kappa shape index (κ3) is 1.03. The fraction of sp³-hybridized carbons (Fsp3) is 0.700. The molecule has 60 valence electrons. The fourth-order valence-corrected chi connectivity index (χ4v) is 2.33. The molecule has 0 amide bonds. The molecule has 1 nitrogen and oxygen atoms in total. The van der Waals surface area contributed by atoms with Crippen molar-refractivity contribution in [3.8, 4) is 0 Å². The summed E-state index contributed by atoms with van der Waals surface area (Å²) in [4.78, 5) is 11.1. The van der Waals surface area contributed by atoms with Crippen LogP contribution in [0.1, 0.15) is 32.6 Å². The Balaban J connectivity index is 2.06. The van der Waals surface area contributed by atoms with Crippen molar-refractivity contribution in [2.45, 2.75) is 32.6 Å². The Morgan fingerprint density at radius 1 is 1.55 bits per heavy atom. The van der Waals surface area contributed by atoms with E-state index in [4.69, 9.17) is 0 Å². The highest BCUT2D eigenvalue weighted by atomic mass is 16.1. The van der Waals surface area contributed by atoms with E-state index < -0.39 is 0 Å². The number of rotatable bonds is 1. The molecule has 0 N–H and O–H groups in total. The standard InChI is InChI=1S/C10H14O/c1-8(11)9-7-10(9)5-3-2-4-6-10/h2-3,9H,4-7H2,1H3. The molecule has 2 atom stereocenters. The molecule has 0 aromatic heterocycles. The number of Topliss-reactive ketones (excluding diaryl/α,β-unsaturated/α-hetero) is 1. The van der Waals surface area contributed by atoms with Gasteiger partial charge in [0.2, 0.25) is 0 Å². The van der Waals surface area contributed by atoms with E-state index in [0.717, 1.165) is 12.8 Å². The Morgan fingerprint density at radius 3 is 2.82 bits per heavy atom. The van der Waals surface area contributed by atoms with Gasteiger partial charge in [0.15, 0.2) is 0 Å². The first-order valence-electron chi connectivity index (χ1n) is 4.40. The zero-order valence-corrected chi connectivity index (χ0v) is 6.97. The molecular formula is C10H14O. The molecule has 0 heterocycles. The van der Waals surface area contributed by atoms with Gasteiger partial charge in [-0.05, 0) is 38.0 Å². The first kappa shape index (κ1) is 7.08. The quantitative estimate of drug-likeness (QED) is 0.524. The van der Waals surface area contributed by atoms with E-state index in [-0.39, 0.29) is 0 Å². The predicted octanol–water partition coefficient (Wildman–Crippen LogP) is 2.32. The highest BCUT2D eigenvalue weighted by Gasteiger charge is 2.55. The van der Waals surface area contributed by atoms with Crippen molar-refractivity contribution in [1.29, 1.82) is 0 Å². The van der Waals surface area contributed by atoms with Crippen LogP contribution in [0.3, 0.4) is 0 Å². The minimum absolute atomic E-state index is 0.403. The summed E-state index contributed by atoms with van der Waals surface area (Å²) in [5, 5.41) is 0. The molecule has 1 spiro atoms. The fourth-order valence-electron chi connectivity index (χ4n) is 2.33. The van der Waals surface area contributed by atoms with Crippen LogP contribution in [0, 0.1) is 11.3 Å². The van der Waals surface area contributed by atoms with Gasteiger partial charge in [0.25, 0.3) is 0 Å². The van der Waals surface area contributed by atoms with Crippen molar-refractivity contribution in [1.82, 2.24) is 0 Å². The SMILES string of the molecule is CC(=O)C1CC12CC=CCC2. The first-order valence-corrected chi connectivity index (χ1v) is 4.40. The number of ketones is 1. The minimum atomic E-state index is 0.403. The lowest BCUT2D eigenvalue weighted by Gasteiger charge is -2.16. The molecule has 1 saturated carbocycles. The molecule has 2 rings (SSSR count). The monoisotopic (exact) mass is 150 g/mol. The van der Waals surface area contributed by atoms with Crippen LogP contribution < -0.4 is 0 Å². The molecule has 0 aromatic rings. The number of hydrogen-bond donors (Lipinski definition) is 0. The van der Waals surface area contributed by atoms with Gasteiger partial charge in [0.1, 0.15) is 5.78 Å². The maximum Gasteiger partial charge on any atom is 0.133 e. The van der Waals surface area contributed by atoms with E-state index >= 15 is 0 Å². The lowest BCUT2D eigenvalue weighted by atomic mass is 9.88. The van der Waals surface area contributed by atoms with E-state index in [1.165, 1.54) is 12.8 Å². The first-order chi connectivity index (χ1) is 5.25. The van der Waals surface area contributed by atoms with Gasteiger partial charge in [-0.3, -0.25) is 4.79 Å². The van der Waals surface area contributed by atoms with E-state index in [9.17, 15) is 4.79 Å². The van der Waals surface area contributed by atoms with Gasteiger partial charge in [-0.2, -0.15) is 0 Å². The summed E-state index contributed by atoms with van der Waals surface area (Å²) in [7, 11) is 0. The van der Waals surface area contributed by atoms with Crippen LogP contribution in [0.4, 0.5) is 0 Å². The summed E-state index contributed by atoms with van der Waals surface area (Å²) >= 11 is 0. The molecule has 1 heteroatoms. The van der Waals surface area contributed by atoms with Crippen LogP contribution in [-0.2, 0) is 4.79 Å². The highest BCUT2D eigenvalue weighted by Crippen LogP contribution is 2.60. The average molecular weight is 150 g/mol. The van der Waals surface area contributed by atoms with Crippen molar-refractivity contribution in [3.05, 3.63) is 12.2 Å². The molecular weight excluding hydrogens is 136 g/mol. The Labute approximate surface area is 67.5 Å². The van der Waals surface area contributed by atoms with Gasteiger partial charge in [-0.15, -0.1) is 0 Å². The van der Waals surface area contributed by atoms with Crippen molar-refractivity contribution >= 4 is 5.78 Å². The van der Waals surface area contributed by atoms with Crippen LogP contribution in [0.15, 0.2) is 12.2 Å². The summed E-state index contributed by atoms with van der Waals surface area (Å²) in [5.74, 6) is 0.813. The molecule has 0 aliphatic heterocycles. The number of carbonyl (C=O) groups excluding carboxylic acids is 1. The molecule has 1 fully saturated rings. The Hall–Kier alpha value is -0.590. The van der Waals surface area contributed by atoms with Gasteiger partial charge in [-0.25, -0.2) is 0 Å². The normalized spacial score (nSPS) is 41.0. The molecule has 2 aliphatic carbocycles. The second-order valence-corrected chi connectivity index (χ2v) is 3.94. The van der Waals surface area contributed by atoms with Crippen LogP contribution in [-0.4, -0.2) is 5.78 Å². The topological polar surface area (TPSA) is 17.1 Å². The van der Waals surface area contributed by atoms with E-state index in [0.29, 0.717) is 17.1 Å². The molecule has 2 aliphatic rings. The Morgan fingerprint density at radius 2 is 2.36 bits per heavy atom. The van der Waals surface area contributed by atoms with Gasteiger partial charge >= 0.3 is 0 Å². The lowest BCUT2D eigenvalue weighted by molar-refractivity contribution is -0.119. The van der Waals surface area contributed by atoms with Crippen LogP contribution >= 0.6 is 0 Å². The number of allylic oxidation sites excluding steroid dienone is 2. The average Bonchev–Trinajstić information content (AvgIpc) is 2.66. The van der Waals surface area contributed by atoms with E-state index in [1.54, 1.807) is 6.92 Å². The van der Waals surface area contributed by atoms with Crippen molar-refractivity contribution in [2.75, 3.05) is 0 Å². The third-order valence-electron chi connectivity index (χ3n) is 3.18. The predicted molar refractivity (Wildman–Crippen MR) is 44.2 cm³/mol. The summed E-state index contributed by atoms with van der Waals surface area (Å²) in [6.45, 7) is 1.73. The summed E-state index contributed by atoms with van der Waals surface area (Å²) < 4.78 is 0. The van der Waals surface area contributed by atoms with Gasteiger partial charge in [0.05, 0.1) is 0 Å². The maximum absolute atomic E-state index is 11.1. The molecule has 11 heavy (non-hydrogen) atoms. The summed E-state index contributed by atoms with van der Waals surface area (Å²) in [6.07, 6.45) is 9.22. The van der Waals surface area contributed by atoms with Crippen LogP contribution in [0.5, 0.6) is 0 Å². The van der Waals surface area contributed by atoms with Gasteiger partial charge < -0.3 is 0 Å². The van der Waals surface area contributed by atoms with Crippen LogP contribution in [0.2, 0.25) is 0 Å². The number of carbonyl (C=O) groups is 1. The van der Waals surface area contributed by atoms with E-state index in [2.05, 4.69) is 12.2 Å². The molecule has 0 bridgehead atoms. The number of hydrogen-bond acceptors (Lipinski definition) is 1. The second-order valence-electron chi connectivity index (χ2n) is 3.94. The maximum atomic E-state index is 11.1. The zero-order chi connectivity index (χ0) is 7.90. The van der Waals surface area contributed by atoms with Crippen molar-refractivity contribution < 1.29 is 4.79 Å². The largest absolute Gasteiger partial charge is 0.300 e. The summed E-state index contributed by atoms with van der Waals surface area (Å²) in [5.41, 5.74) is 0.431. The molecule has 0 aromatic carbocycles. The van der Waals surface area contributed by atoms with Crippen molar-refractivity contribution in [3.63, 3.8) is 0 Å². The minimum Gasteiger partial charge on any atom is -0.300 e. The second kappa shape index (κ2) is 2.20. The van der Waals surface area contributed by atoms with Crippen LogP contribution in [0.25, 0.3) is 0 Å². The summed E-state index contributed by atoms with van der Waals surface area (Å²) in [6, 6.07) is 0. The van der Waals surface area contributed by atoms with Gasteiger partial charge in [0, 0.05) is 5.92 Å². The molecule has 2 unspecified atom stereocenters. The zero-order valence-electron chi connectivity index (χ0n) is 6.97. The smallest absolute Gasteiger partial charge is 0.133 e. The van der Waals surface area contributed by atoms with Gasteiger partial charge in [-0.1, -0.05) is 12.2 Å². The highest BCUT2D eigenvalue weighted by molar-refractivity contribution is 5.82. The van der Waals surface area contributed by atoms with Crippen molar-refractivity contribution in [2.24, 2.45) is 11.3 Å². The third-order valence-corrected chi connectivity index (χ3v) is 3.18. The Kier molecular flexibility index (Phi) is 1.41. The lowest BCUT2D eigenvalue weighted by Crippen LogP contribution is -2.09. The Bertz CT molecular complexity index is 217. The molecule has 0 saturated heterocycles. The molecule has 0 radical (unpaired) electrons.